The molecule has 0 aliphatic rings. The van der Waals surface area contributed by atoms with Crippen molar-refractivity contribution in [3.63, 3.8) is 0 Å². The van der Waals surface area contributed by atoms with Crippen molar-refractivity contribution in [3.05, 3.63) is 59.4 Å². The maximum absolute atomic E-state index is 4.37. The second-order valence-corrected chi connectivity index (χ2v) is 6.10. The van der Waals surface area contributed by atoms with Crippen LogP contribution >= 0.6 is 11.3 Å². The maximum Gasteiger partial charge on any atom is 0.114 e. The average molecular weight is 498 g/mol. The second kappa shape index (κ2) is 6.32. The summed E-state index contributed by atoms with van der Waals surface area (Å²) in [5.74, 6) is 0.785. The Kier molecular flexibility index (Phi) is 4.39. The Morgan fingerprint density at radius 2 is 1.96 bits per heavy atom. The molecule has 0 aliphatic heterocycles. The molecule has 0 spiro atoms. The molecule has 0 fully saturated rings. The third kappa shape index (κ3) is 2.74. The monoisotopic (exact) mass is 498 g/mol. The summed E-state index contributed by atoms with van der Waals surface area (Å²) in [5.41, 5.74) is 7.22. The minimum absolute atomic E-state index is 0. The number of para-hydroxylation sites is 1. The van der Waals surface area contributed by atoms with Gasteiger partial charge in [-0.3, -0.25) is 4.98 Å². The quantitative estimate of drug-likeness (QED) is 0.394. The van der Waals surface area contributed by atoms with Gasteiger partial charge in [0, 0.05) is 25.8 Å². The summed E-state index contributed by atoms with van der Waals surface area (Å²) in [5, 5.41) is 8.39. The minimum Gasteiger partial charge on any atom is -0.322 e. The largest absolute Gasteiger partial charge is 0.322 e. The van der Waals surface area contributed by atoms with Crippen molar-refractivity contribution in [2.75, 3.05) is 0 Å². The van der Waals surface area contributed by atoms with Crippen molar-refractivity contribution in [3.8, 4) is 17.1 Å². The van der Waals surface area contributed by atoms with E-state index in [2.05, 4.69) is 53.3 Å². The number of benzene rings is 2. The molecule has 0 bridgehead atoms. The molecular weight excluding hydrogens is 484 g/mol. The first-order chi connectivity index (χ1) is 10.7. The third-order valence-corrected chi connectivity index (χ3v) is 4.52. The zero-order valence-electron chi connectivity index (χ0n) is 12.6. The molecule has 2 heterocycles. The molecule has 2 aromatic carbocycles. The van der Waals surface area contributed by atoms with E-state index in [1.807, 2.05) is 22.2 Å². The summed E-state index contributed by atoms with van der Waals surface area (Å²) in [4.78, 5) is 4.37. The van der Waals surface area contributed by atoms with E-state index in [0.717, 1.165) is 27.3 Å². The molecule has 0 unspecified atom stereocenters. The summed E-state index contributed by atoms with van der Waals surface area (Å²) < 4.78 is 3.15. The summed E-state index contributed by atoms with van der Waals surface area (Å²) in [7, 11) is 0. The molecule has 0 saturated heterocycles. The van der Waals surface area contributed by atoms with Gasteiger partial charge in [-0.15, -0.1) is 28.9 Å². The van der Waals surface area contributed by atoms with Crippen LogP contribution in [0.4, 0.5) is 0 Å². The minimum atomic E-state index is 0. The number of nitrogens with zero attached hydrogens (tertiary/aromatic N) is 4. The molecule has 4 nitrogen and oxygen atoms in total. The first-order valence-electron chi connectivity index (χ1n) is 6.96. The summed E-state index contributed by atoms with van der Waals surface area (Å²) >= 11 is 1.61. The van der Waals surface area contributed by atoms with Gasteiger partial charge in [0.25, 0.3) is 0 Å². The van der Waals surface area contributed by atoms with E-state index in [1.54, 1.807) is 17.7 Å². The molecular formula is C17H13IrN4S-. The number of aryl methyl sites for hydroxylation is 2. The van der Waals surface area contributed by atoms with Gasteiger partial charge in [0.15, 0.2) is 0 Å². The predicted octanol–water partition coefficient (Wildman–Crippen LogP) is 3.96. The van der Waals surface area contributed by atoms with Crippen molar-refractivity contribution < 1.29 is 20.1 Å². The first kappa shape index (κ1) is 16.0. The average Bonchev–Trinajstić information content (AvgIpc) is 3.15. The Balaban J connectivity index is 0.00000156. The Labute approximate surface area is 151 Å². The van der Waals surface area contributed by atoms with Crippen LogP contribution in [0, 0.1) is 19.9 Å². The number of aromatic nitrogens is 4. The van der Waals surface area contributed by atoms with E-state index in [1.165, 1.54) is 11.1 Å². The van der Waals surface area contributed by atoms with Crippen LogP contribution in [0.3, 0.4) is 0 Å². The topological polar surface area (TPSA) is 43.6 Å². The Morgan fingerprint density at radius 3 is 2.74 bits per heavy atom. The van der Waals surface area contributed by atoms with Crippen LogP contribution in [0.25, 0.3) is 27.3 Å². The smallest absolute Gasteiger partial charge is 0.114 e. The SMILES string of the molecule is Cc1cccc(C)c1-n1cnnc1-c1[c-]cc2scnc2c1.[Ir]. The van der Waals surface area contributed by atoms with Crippen LogP contribution in [0.1, 0.15) is 11.1 Å². The van der Waals surface area contributed by atoms with Gasteiger partial charge in [-0.05, 0) is 35.2 Å². The van der Waals surface area contributed by atoms with Crippen LogP contribution in [0.2, 0.25) is 0 Å². The molecule has 0 saturated carbocycles. The standard InChI is InChI=1S/C17H13N4S.Ir/c1-11-4-3-5-12(2)16(11)21-9-19-20-17(21)13-6-7-15-14(8-13)18-10-22-15;/h3-5,7-10H,1-2H3;/q-1;. The van der Waals surface area contributed by atoms with Gasteiger partial charge in [-0.1, -0.05) is 18.2 Å². The van der Waals surface area contributed by atoms with Crippen LogP contribution < -0.4 is 0 Å². The Morgan fingerprint density at radius 1 is 1.17 bits per heavy atom. The van der Waals surface area contributed by atoms with E-state index >= 15 is 0 Å². The van der Waals surface area contributed by atoms with E-state index < -0.39 is 0 Å². The van der Waals surface area contributed by atoms with Crippen molar-refractivity contribution in [2.45, 2.75) is 13.8 Å². The Hall–Kier alpha value is -1.88. The van der Waals surface area contributed by atoms with Crippen molar-refractivity contribution in [1.29, 1.82) is 0 Å². The summed E-state index contributed by atoms with van der Waals surface area (Å²) in [6, 6.07) is 13.5. The molecule has 6 heteroatoms. The fraction of sp³-hybridized carbons (Fsp3) is 0.118. The number of fused-ring (bicyclic) bond motifs is 1. The van der Waals surface area contributed by atoms with Gasteiger partial charge < -0.3 is 4.57 Å². The normalized spacial score (nSPS) is 10.7. The number of thiazole rings is 1. The van der Waals surface area contributed by atoms with Crippen LogP contribution in [-0.2, 0) is 20.1 Å². The second-order valence-electron chi connectivity index (χ2n) is 5.21. The number of hydrogen-bond donors (Lipinski definition) is 0. The first-order valence-corrected chi connectivity index (χ1v) is 7.84. The Bertz CT molecular complexity index is 953. The molecule has 0 atom stereocenters. The molecule has 0 amide bonds. The molecule has 2 aromatic heterocycles. The molecule has 4 rings (SSSR count). The maximum atomic E-state index is 4.37. The van der Waals surface area contributed by atoms with Gasteiger partial charge in [-0.25, -0.2) is 0 Å². The van der Waals surface area contributed by atoms with Crippen molar-refractivity contribution >= 4 is 21.6 Å². The van der Waals surface area contributed by atoms with E-state index in [0.29, 0.717) is 0 Å². The zero-order chi connectivity index (χ0) is 15.1. The van der Waals surface area contributed by atoms with Gasteiger partial charge in [-0.2, -0.15) is 16.4 Å². The molecule has 0 aliphatic carbocycles. The van der Waals surface area contributed by atoms with Crippen LogP contribution in [0.5, 0.6) is 0 Å². The molecule has 23 heavy (non-hydrogen) atoms. The van der Waals surface area contributed by atoms with E-state index in [-0.39, 0.29) is 20.1 Å². The molecule has 4 aromatic rings. The fourth-order valence-electron chi connectivity index (χ4n) is 2.70. The van der Waals surface area contributed by atoms with Gasteiger partial charge >= 0.3 is 0 Å². The number of hydrogen-bond acceptors (Lipinski definition) is 4. The molecule has 117 valence electrons. The predicted molar refractivity (Wildman–Crippen MR) is 88.3 cm³/mol. The van der Waals surface area contributed by atoms with E-state index in [9.17, 15) is 0 Å². The summed E-state index contributed by atoms with van der Waals surface area (Å²) in [6.07, 6.45) is 1.75. The third-order valence-electron chi connectivity index (χ3n) is 3.73. The van der Waals surface area contributed by atoms with Gasteiger partial charge in [0.1, 0.15) is 6.33 Å². The van der Waals surface area contributed by atoms with Gasteiger partial charge in [0.2, 0.25) is 0 Å². The van der Waals surface area contributed by atoms with Crippen LogP contribution in [0.15, 0.2) is 42.2 Å². The van der Waals surface area contributed by atoms with E-state index in [4.69, 9.17) is 0 Å². The number of rotatable bonds is 2. The fourth-order valence-corrected chi connectivity index (χ4v) is 3.34. The van der Waals surface area contributed by atoms with Crippen molar-refractivity contribution in [2.24, 2.45) is 0 Å². The van der Waals surface area contributed by atoms with Crippen LogP contribution in [-0.4, -0.2) is 19.7 Å². The molecule has 1 radical (unpaired) electrons. The zero-order valence-corrected chi connectivity index (χ0v) is 15.8. The van der Waals surface area contributed by atoms with Crippen molar-refractivity contribution in [1.82, 2.24) is 19.7 Å². The summed E-state index contributed by atoms with van der Waals surface area (Å²) in [6.45, 7) is 4.19. The molecule has 0 N–H and O–H groups in total. The van der Waals surface area contributed by atoms with Gasteiger partial charge in [0.05, 0.1) is 11.3 Å².